The largest absolute Gasteiger partial charge is 0.487 e. The molecular weight excluding hydrogens is 470 g/mol. The fourth-order valence-corrected chi connectivity index (χ4v) is 5.70. The average Bonchev–Trinajstić information content (AvgIpc) is 2.96. The Kier molecular flexibility index (Phi) is 11.9. The Morgan fingerprint density at radius 3 is 2.37 bits per heavy atom. The summed E-state index contributed by atoms with van der Waals surface area (Å²) >= 11 is 0. The first-order chi connectivity index (χ1) is 18.5. The lowest BCUT2D eigenvalue weighted by Crippen LogP contribution is -2.26. The van der Waals surface area contributed by atoms with E-state index in [-0.39, 0.29) is 18.1 Å². The van der Waals surface area contributed by atoms with Crippen LogP contribution in [-0.2, 0) is 9.53 Å². The van der Waals surface area contributed by atoms with Gasteiger partial charge in [0.25, 0.3) is 0 Å². The second kappa shape index (κ2) is 15.4. The lowest BCUT2D eigenvalue weighted by Gasteiger charge is -2.36. The fourth-order valence-electron chi connectivity index (χ4n) is 5.70. The van der Waals surface area contributed by atoms with Gasteiger partial charge in [-0.15, -0.1) is 0 Å². The van der Waals surface area contributed by atoms with Crippen molar-refractivity contribution in [2.75, 3.05) is 6.61 Å². The van der Waals surface area contributed by atoms with Crippen molar-refractivity contribution in [3.63, 3.8) is 0 Å². The molecule has 0 saturated heterocycles. The number of carbonyl (C=O) groups excluding carboxylic acids is 1. The first kappa shape index (κ1) is 29.5. The number of rotatable bonds is 15. The Morgan fingerprint density at radius 1 is 1.05 bits per heavy atom. The van der Waals surface area contributed by atoms with Gasteiger partial charge >= 0.3 is 5.97 Å². The molecule has 0 bridgehead atoms. The third-order valence-electron chi connectivity index (χ3n) is 7.90. The van der Waals surface area contributed by atoms with E-state index in [0.29, 0.717) is 5.92 Å². The number of carbonyl (C=O) groups is 1. The monoisotopic (exact) mass is 515 g/mol. The number of ether oxygens (including phenoxy) is 2. The summed E-state index contributed by atoms with van der Waals surface area (Å²) in [6, 6.07) is 19.8. The summed E-state index contributed by atoms with van der Waals surface area (Å²) in [5.41, 5.74) is 3.51. The molecule has 1 fully saturated rings. The van der Waals surface area contributed by atoms with E-state index in [1.807, 2.05) is 12.1 Å². The van der Waals surface area contributed by atoms with E-state index in [9.17, 15) is 10.1 Å². The number of esters is 1. The van der Waals surface area contributed by atoms with Gasteiger partial charge < -0.3 is 9.47 Å². The SMILES string of the molecule is C=CC(=O)OCC(CCC)Oc1ccc(-c2ccc(C3CCCC(C#N)(CCCCCCC)C3)cc2)cc1. The van der Waals surface area contributed by atoms with Crippen molar-refractivity contribution in [2.24, 2.45) is 5.41 Å². The van der Waals surface area contributed by atoms with Crippen LogP contribution >= 0.6 is 0 Å². The van der Waals surface area contributed by atoms with E-state index in [2.05, 4.69) is 62.9 Å². The van der Waals surface area contributed by atoms with Gasteiger partial charge in [-0.3, -0.25) is 0 Å². The summed E-state index contributed by atoms with van der Waals surface area (Å²) in [4.78, 5) is 11.4. The van der Waals surface area contributed by atoms with Crippen LogP contribution in [0.2, 0.25) is 0 Å². The second-order valence-electron chi connectivity index (χ2n) is 10.9. The summed E-state index contributed by atoms with van der Waals surface area (Å²) in [7, 11) is 0. The maximum absolute atomic E-state index is 11.4. The molecule has 0 heterocycles. The molecule has 2 aromatic carbocycles. The second-order valence-corrected chi connectivity index (χ2v) is 10.9. The number of hydrogen-bond acceptors (Lipinski definition) is 4. The minimum atomic E-state index is -0.428. The van der Waals surface area contributed by atoms with Crippen LogP contribution in [0.3, 0.4) is 0 Å². The van der Waals surface area contributed by atoms with Gasteiger partial charge in [-0.25, -0.2) is 4.79 Å². The molecule has 3 atom stereocenters. The Labute approximate surface area is 230 Å². The summed E-state index contributed by atoms with van der Waals surface area (Å²) in [5, 5.41) is 10.1. The van der Waals surface area contributed by atoms with E-state index >= 15 is 0 Å². The lowest BCUT2D eigenvalue weighted by molar-refractivity contribution is -0.140. The van der Waals surface area contributed by atoms with Crippen LogP contribution < -0.4 is 4.74 Å². The quantitative estimate of drug-likeness (QED) is 0.135. The normalized spacial score (nSPS) is 19.8. The smallest absolute Gasteiger partial charge is 0.330 e. The Morgan fingerprint density at radius 2 is 1.74 bits per heavy atom. The van der Waals surface area contributed by atoms with Crippen LogP contribution in [0.5, 0.6) is 5.75 Å². The summed E-state index contributed by atoms with van der Waals surface area (Å²) in [6.45, 7) is 7.99. The molecule has 0 amide bonds. The third kappa shape index (κ3) is 8.76. The van der Waals surface area contributed by atoms with Crippen LogP contribution in [-0.4, -0.2) is 18.7 Å². The summed E-state index contributed by atoms with van der Waals surface area (Å²) in [5.74, 6) is 0.806. The van der Waals surface area contributed by atoms with Crippen LogP contribution in [0.1, 0.15) is 102 Å². The number of unbranched alkanes of at least 4 members (excludes halogenated alkanes) is 4. The van der Waals surface area contributed by atoms with E-state index < -0.39 is 5.97 Å². The summed E-state index contributed by atoms with van der Waals surface area (Å²) in [6.07, 6.45) is 14.4. The standard InChI is InChI=1S/C34H45NO3/c1-4-7-8-9-10-22-34(26-35)23-11-13-30(24-34)29-16-14-27(15-17-29)28-18-20-31(21-19-28)38-32(12-5-2)25-37-33(36)6-3/h6,14-21,30,32H,3-5,7-13,22-25H2,1-2H3. The molecule has 0 aliphatic heterocycles. The van der Waals surface area contributed by atoms with Crippen LogP contribution in [0.15, 0.2) is 61.2 Å². The number of nitrogens with zero attached hydrogens (tertiary/aromatic N) is 1. The topological polar surface area (TPSA) is 59.3 Å². The molecule has 3 rings (SSSR count). The number of nitriles is 1. The molecule has 0 spiro atoms. The van der Waals surface area contributed by atoms with Gasteiger partial charge in [-0.2, -0.15) is 5.26 Å². The maximum atomic E-state index is 11.4. The van der Waals surface area contributed by atoms with E-state index in [4.69, 9.17) is 9.47 Å². The highest BCUT2D eigenvalue weighted by atomic mass is 16.6. The number of benzene rings is 2. The zero-order chi connectivity index (χ0) is 27.2. The van der Waals surface area contributed by atoms with Crippen molar-refractivity contribution in [3.8, 4) is 22.9 Å². The van der Waals surface area contributed by atoms with Crippen molar-refractivity contribution in [2.45, 2.75) is 103 Å². The fraction of sp³-hybridized carbons (Fsp3) is 0.529. The van der Waals surface area contributed by atoms with Crippen molar-refractivity contribution in [1.82, 2.24) is 0 Å². The highest BCUT2D eigenvalue weighted by Crippen LogP contribution is 2.46. The van der Waals surface area contributed by atoms with E-state index in [1.165, 1.54) is 55.7 Å². The number of hydrogen-bond donors (Lipinski definition) is 0. The van der Waals surface area contributed by atoms with Crippen molar-refractivity contribution >= 4 is 5.97 Å². The molecule has 204 valence electrons. The van der Waals surface area contributed by atoms with Gasteiger partial charge in [0.1, 0.15) is 18.5 Å². The van der Waals surface area contributed by atoms with Gasteiger partial charge in [-0.05, 0) is 66.8 Å². The van der Waals surface area contributed by atoms with Gasteiger partial charge in [0.2, 0.25) is 0 Å². The first-order valence-corrected chi connectivity index (χ1v) is 14.6. The van der Waals surface area contributed by atoms with Crippen molar-refractivity contribution in [1.29, 1.82) is 5.26 Å². The first-order valence-electron chi connectivity index (χ1n) is 14.6. The van der Waals surface area contributed by atoms with Crippen LogP contribution in [0, 0.1) is 16.7 Å². The highest BCUT2D eigenvalue weighted by Gasteiger charge is 2.36. The van der Waals surface area contributed by atoms with Gasteiger partial charge in [0, 0.05) is 6.08 Å². The molecule has 0 radical (unpaired) electrons. The predicted molar refractivity (Wildman–Crippen MR) is 155 cm³/mol. The molecule has 2 aromatic rings. The molecule has 3 unspecified atom stereocenters. The minimum absolute atomic E-state index is 0.150. The highest BCUT2D eigenvalue weighted by molar-refractivity contribution is 5.81. The molecular formula is C34H45NO3. The average molecular weight is 516 g/mol. The molecule has 1 aliphatic carbocycles. The lowest BCUT2D eigenvalue weighted by atomic mass is 9.66. The summed E-state index contributed by atoms with van der Waals surface area (Å²) < 4.78 is 11.3. The molecule has 1 saturated carbocycles. The molecule has 1 aliphatic rings. The zero-order valence-corrected chi connectivity index (χ0v) is 23.4. The van der Waals surface area contributed by atoms with Crippen LogP contribution in [0.4, 0.5) is 0 Å². The van der Waals surface area contributed by atoms with Crippen molar-refractivity contribution in [3.05, 3.63) is 66.7 Å². The maximum Gasteiger partial charge on any atom is 0.330 e. The molecule has 0 N–H and O–H groups in total. The Bertz CT molecular complexity index is 1040. The molecule has 0 aromatic heterocycles. The van der Waals surface area contributed by atoms with Gasteiger partial charge in [-0.1, -0.05) is 102 Å². The Balaban J connectivity index is 1.59. The van der Waals surface area contributed by atoms with E-state index in [0.717, 1.165) is 49.8 Å². The van der Waals surface area contributed by atoms with Gasteiger partial charge in [0.05, 0.1) is 11.5 Å². The van der Waals surface area contributed by atoms with E-state index in [1.54, 1.807) is 0 Å². The minimum Gasteiger partial charge on any atom is -0.487 e. The van der Waals surface area contributed by atoms with Crippen LogP contribution in [0.25, 0.3) is 11.1 Å². The molecule has 4 heteroatoms. The predicted octanol–water partition coefficient (Wildman–Crippen LogP) is 9.16. The third-order valence-corrected chi connectivity index (χ3v) is 7.90. The molecule has 4 nitrogen and oxygen atoms in total. The zero-order valence-electron chi connectivity index (χ0n) is 23.4. The molecule has 38 heavy (non-hydrogen) atoms. The van der Waals surface area contributed by atoms with Gasteiger partial charge in [0.15, 0.2) is 0 Å². The Hall–Kier alpha value is -3.06. The van der Waals surface area contributed by atoms with Crippen molar-refractivity contribution < 1.29 is 14.3 Å².